The highest BCUT2D eigenvalue weighted by Crippen LogP contribution is 2.61. The third-order valence-electron chi connectivity index (χ3n) is 9.96. The average molecular weight is 782 g/mol. The minimum atomic E-state index is -7.50. The van der Waals surface area contributed by atoms with Gasteiger partial charge in [0.2, 0.25) is 0 Å². The van der Waals surface area contributed by atoms with Crippen molar-refractivity contribution in [3.8, 4) is 22.6 Å². The molecule has 55 heavy (non-hydrogen) atoms. The van der Waals surface area contributed by atoms with Crippen molar-refractivity contribution in [3.63, 3.8) is 0 Å². The largest absolute Gasteiger partial charge is 0.460 e. The van der Waals surface area contributed by atoms with Crippen LogP contribution in [0.5, 0.6) is 5.75 Å². The van der Waals surface area contributed by atoms with Crippen LogP contribution in [0.2, 0.25) is 0 Å². The van der Waals surface area contributed by atoms with Gasteiger partial charge in [-0.3, -0.25) is 0 Å². The molecular formula is C41H24F9NO3S. The number of alkyl halides is 9. The van der Waals surface area contributed by atoms with E-state index in [0.29, 0.717) is 39.0 Å². The van der Waals surface area contributed by atoms with Crippen molar-refractivity contribution in [2.45, 2.75) is 28.7 Å². The summed E-state index contributed by atoms with van der Waals surface area (Å²) < 4.78 is 161. The lowest BCUT2D eigenvalue weighted by atomic mass is 9.67. The molecular weight excluding hydrogens is 758 g/mol. The van der Waals surface area contributed by atoms with E-state index in [1.807, 2.05) is 6.07 Å². The molecule has 1 aliphatic carbocycles. The number of halogens is 9. The molecule has 7 aromatic rings. The highest BCUT2D eigenvalue weighted by Gasteiger charge is 2.86. The Kier molecular flexibility index (Phi) is 7.98. The molecule has 4 nitrogen and oxygen atoms in total. The van der Waals surface area contributed by atoms with Crippen molar-refractivity contribution in [1.29, 1.82) is 0 Å². The summed E-state index contributed by atoms with van der Waals surface area (Å²) >= 11 is 0. The minimum absolute atomic E-state index is 0.159. The van der Waals surface area contributed by atoms with E-state index < -0.39 is 44.6 Å². The molecule has 0 unspecified atom stereocenters. The van der Waals surface area contributed by atoms with Crippen LogP contribution in [0.25, 0.3) is 38.6 Å². The molecule has 0 spiro atoms. The Hall–Kier alpha value is -5.76. The molecule has 1 aromatic heterocycles. The second-order valence-corrected chi connectivity index (χ2v) is 14.5. The van der Waals surface area contributed by atoms with Gasteiger partial charge in [-0.05, 0) is 52.1 Å². The number of hydrogen-bond donors (Lipinski definition) is 0. The van der Waals surface area contributed by atoms with Crippen LogP contribution in [0.15, 0.2) is 146 Å². The maximum Gasteiger partial charge on any atom is 0.460 e. The Morgan fingerprint density at radius 1 is 0.564 bits per heavy atom. The summed E-state index contributed by atoms with van der Waals surface area (Å²) in [5.41, 5.74) is 2.80. The van der Waals surface area contributed by atoms with Gasteiger partial charge in [-0.25, -0.2) is 0 Å². The molecule has 0 aliphatic heterocycles. The van der Waals surface area contributed by atoms with Crippen molar-refractivity contribution >= 4 is 31.9 Å². The highest BCUT2D eigenvalue weighted by molar-refractivity contribution is 7.88. The van der Waals surface area contributed by atoms with Gasteiger partial charge >= 0.3 is 33.4 Å². The fraction of sp³-hybridized carbons (Fsp3) is 0.122. The molecule has 1 aliphatic rings. The number of aromatic nitrogens is 1. The molecule has 0 saturated heterocycles. The van der Waals surface area contributed by atoms with Crippen LogP contribution < -0.4 is 4.18 Å². The van der Waals surface area contributed by atoms with Crippen LogP contribution in [0.1, 0.15) is 22.3 Å². The van der Waals surface area contributed by atoms with E-state index in [0.717, 1.165) is 6.07 Å². The summed E-state index contributed by atoms with van der Waals surface area (Å²) in [6, 6.07) is 40.6. The molecule has 0 amide bonds. The van der Waals surface area contributed by atoms with Gasteiger partial charge in [0, 0.05) is 16.6 Å². The zero-order valence-electron chi connectivity index (χ0n) is 27.8. The molecule has 0 fully saturated rings. The summed E-state index contributed by atoms with van der Waals surface area (Å²) in [5.74, 6) is -16.0. The van der Waals surface area contributed by atoms with Gasteiger partial charge in [-0.15, -0.1) is 0 Å². The molecule has 1 heterocycles. The molecule has 6 aromatic carbocycles. The summed E-state index contributed by atoms with van der Waals surface area (Å²) in [6.07, 6.45) is -7.25. The second-order valence-electron chi connectivity index (χ2n) is 12.9. The monoisotopic (exact) mass is 781 g/mol. The Bertz CT molecular complexity index is 2680. The molecule has 280 valence electrons. The van der Waals surface area contributed by atoms with Crippen LogP contribution >= 0.6 is 0 Å². The first-order valence-electron chi connectivity index (χ1n) is 16.5. The Morgan fingerprint density at radius 3 is 1.65 bits per heavy atom. The number of rotatable bonds is 8. The Labute approximate surface area is 307 Å². The summed E-state index contributed by atoms with van der Waals surface area (Å²) in [5, 5.41) is -7.14. The molecule has 0 saturated carbocycles. The second kappa shape index (κ2) is 12.1. The predicted octanol–water partition coefficient (Wildman–Crippen LogP) is 11.3. The van der Waals surface area contributed by atoms with Gasteiger partial charge in [0.1, 0.15) is 0 Å². The molecule has 0 N–H and O–H groups in total. The van der Waals surface area contributed by atoms with Gasteiger partial charge < -0.3 is 8.75 Å². The molecule has 0 radical (unpaired) electrons. The van der Waals surface area contributed by atoms with E-state index in [9.17, 15) is 39.2 Å². The zero-order valence-corrected chi connectivity index (χ0v) is 28.7. The van der Waals surface area contributed by atoms with Gasteiger partial charge in [0.25, 0.3) is 0 Å². The maximum atomic E-state index is 15.4. The number of nitrogens with zero attached hydrogens (tertiary/aromatic N) is 1. The van der Waals surface area contributed by atoms with Gasteiger partial charge in [-0.2, -0.15) is 47.9 Å². The molecule has 8 rings (SSSR count). The highest BCUT2D eigenvalue weighted by atomic mass is 32.2. The van der Waals surface area contributed by atoms with Crippen molar-refractivity contribution in [2.24, 2.45) is 0 Å². The van der Waals surface area contributed by atoms with Gasteiger partial charge in [-0.1, -0.05) is 121 Å². The first-order chi connectivity index (χ1) is 26.0. The summed E-state index contributed by atoms with van der Waals surface area (Å²) in [4.78, 5) is 0. The zero-order chi connectivity index (χ0) is 39.2. The van der Waals surface area contributed by atoms with Crippen molar-refractivity contribution in [2.75, 3.05) is 0 Å². The smallest absolute Gasteiger partial charge is 0.377 e. The van der Waals surface area contributed by atoms with E-state index in [1.165, 1.54) is 12.1 Å². The summed E-state index contributed by atoms with van der Waals surface area (Å²) in [7, 11) is -7.35. The lowest BCUT2D eigenvalue weighted by Gasteiger charge is -2.34. The number of benzene rings is 6. The SMILES string of the molecule is O=S(=O)(Oc1cc2c(c3c1c1ccccc1n3-c1ccccc1)-c1ccccc1C2(c1ccccc1)c1ccccc1)C(F)(F)C(F)(F)C(F)(F)C(F)(F)F. The first-order valence-corrected chi connectivity index (χ1v) is 17.9. The lowest BCUT2D eigenvalue weighted by molar-refractivity contribution is -0.382. The van der Waals surface area contributed by atoms with E-state index in [-0.39, 0.29) is 21.9 Å². The van der Waals surface area contributed by atoms with Crippen molar-refractivity contribution in [3.05, 3.63) is 168 Å². The number of hydrogen-bond acceptors (Lipinski definition) is 3. The van der Waals surface area contributed by atoms with E-state index in [2.05, 4.69) is 0 Å². The topological polar surface area (TPSA) is 48.3 Å². The number of para-hydroxylation sites is 2. The quantitative estimate of drug-likeness (QED) is 0.114. The van der Waals surface area contributed by atoms with Crippen molar-refractivity contribution in [1.82, 2.24) is 4.57 Å². The Balaban J connectivity index is 1.55. The van der Waals surface area contributed by atoms with Crippen molar-refractivity contribution < 1.29 is 52.1 Å². The first kappa shape index (κ1) is 36.2. The fourth-order valence-corrected chi connectivity index (χ4v) is 8.55. The van der Waals surface area contributed by atoms with Crippen LogP contribution in [0.4, 0.5) is 39.5 Å². The lowest BCUT2D eigenvalue weighted by Crippen LogP contribution is -2.63. The molecule has 14 heteroatoms. The maximum absolute atomic E-state index is 15.4. The number of fused-ring (bicyclic) bond motifs is 7. The van der Waals surface area contributed by atoms with Gasteiger partial charge in [0.15, 0.2) is 5.75 Å². The van der Waals surface area contributed by atoms with Crippen LogP contribution in [0, 0.1) is 0 Å². The van der Waals surface area contributed by atoms with E-state index in [4.69, 9.17) is 4.18 Å². The third-order valence-corrected chi connectivity index (χ3v) is 11.2. The fourth-order valence-electron chi connectivity index (χ4n) is 7.63. The third kappa shape index (κ3) is 4.89. The summed E-state index contributed by atoms with van der Waals surface area (Å²) in [6.45, 7) is 0. The van der Waals surface area contributed by atoms with Gasteiger partial charge in [0.05, 0.1) is 21.8 Å². The van der Waals surface area contributed by atoms with Crippen LogP contribution in [-0.4, -0.2) is 36.3 Å². The average Bonchev–Trinajstić information content (AvgIpc) is 3.66. The standard InChI is InChI=1S/C41H24F9NO3S/c42-38(43,40(46,47)48)39(44,45)41(49,50)55(52,53)54-33-24-31-34(36-35(33)29-21-11-13-23-32(29)51(36)27-18-8-3-9-19-27)28-20-10-12-22-30(28)37(31,25-14-4-1-5-15-25)26-16-6-2-7-17-26/h1-24H. The van der Waals surface area contributed by atoms with Crippen LogP contribution in [0.3, 0.4) is 0 Å². The normalized spacial score (nSPS) is 14.6. The molecule has 0 bridgehead atoms. The van der Waals surface area contributed by atoms with E-state index >= 15 is 8.78 Å². The Morgan fingerprint density at radius 2 is 1.07 bits per heavy atom. The molecule has 0 atom stereocenters. The predicted molar refractivity (Wildman–Crippen MR) is 189 cm³/mol. The van der Waals surface area contributed by atoms with E-state index in [1.54, 1.807) is 126 Å². The minimum Gasteiger partial charge on any atom is -0.377 e. The van der Waals surface area contributed by atoms with Crippen LogP contribution in [-0.2, 0) is 15.5 Å².